The van der Waals surface area contributed by atoms with Crippen molar-refractivity contribution in [2.75, 3.05) is 0 Å². The monoisotopic (exact) mass is 361 g/mol. The first kappa shape index (κ1) is 18.0. The largest absolute Gasteiger partial charge is 0.365 e. The van der Waals surface area contributed by atoms with E-state index in [0.717, 1.165) is 24.1 Å². The summed E-state index contributed by atoms with van der Waals surface area (Å²) >= 11 is 5.90. The van der Waals surface area contributed by atoms with Gasteiger partial charge in [0.25, 0.3) is 0 Å². The molecule has 1 aromatic heterocycles. The summed E-state index contributed by atoms with van der Waals surface area (Å²) in [4.78, 5) is 12.4. The van der Waals surface area contributed by atoms with E-state index in [9.17, 15) is 4.79 Å². The summed E-state index contributed by atoms with van der Waals surface area (Å²) in [6, 6.07) is 7.46. The van der Waals surface area contributed by atoms with Gasteiger partial charge in [0.05, 0.1) is 18.0 Å². The number of amides is 1. The zero-order valence-corrected chi connectivity index (χ0v) is 15.2. The number of carbonyl (C=O) groups is 1. The SMILES string of the molecule is CCC(OC1CCCC1)C(=O)NCc1cnn(-c2ccc(Cl)cc2)c1. The second-order valence-corrected chi connectivity index (χ2v) is 6.86. The number of hydrogen-bond acceptors (Lipinski definition) is 3. The predicted octanol–water partition coefficient (Wildman–Crippen LogP) is 3.88. The molecule has 0 radical (unpaired) electrons. The molecular weight excluding hydrogens is 338 g/mol. The summed E-state index contributed by atoms with van der Waals surface area (Å²) in [7, 11) is 0. The average molecular weight is 362 g/mol. The summed E-state index contributed by atoms with van der Waals surface area (Å²) in [6.07, 6.45) is 8.76. The van der Waals surface area contributed by atoms with Gasteiger partial charge in [-0.05, 0) is 43.5 Å². The van der Waals surface area contributed by atoms with Gasteiger partial charge in [-0.1, -0.05) is 31.4 Å². The first-order valence-electron chi connectivity index (χ1n) is 8.88. The molecule has 25 heavy (non-hydrogen) atoms. The highest BCUT2D eigenvalue weighted by Gasteiger charge is 2.24. The molecule has 1 atom stereocenters. The number of benzene rings is 1. The summed E-state index contributed by atoms with van der Waals surface area (Å²) < 4.78 is 7.72. The molecule has 1 aromatic carbocycles. The van der Waals surface area contributed by atoms with Crippen LogP contribution in [0, 0.1) is 0 Å². The number of nitrogens with one attached hydrogen (secondary N) is 1. The Balaban J connectivity index is 1.53. The van der Waals surface area contributed by atoms with Gasteiger partial charge in [0.15, 0.2) is 0 Å². The molecule has 1 unspecified atom stereocenters. The molecule has 1 heterocycles. The molecule has 1 fully saturated rings. The Labute approximate surface area is 153 Å². The number of carbonyl (C=O) groups excluding carboxylic acids is 1. The van der Waals surface area contributed by atoms with Crippen LogP contribution in [0.2, 0.25) is 5.02 Å². The van der Waals surface area contributed by atoms with E-state index < -0.39 is 0 Å². The van der Waals surface area contributed by atoms with Gasteiger partial charge < -0.3 is 10.1 Å². The van der Waals surface area contributed by atoms with E-state index in [4.69, 9.17) is 16.3 Å². The third-order valence-electron chi connectivity index (χ3n) is 4.52. The normalized spacial score (nSPS) is 16.1. The third-order valence-corrected chi connectivity index (χ3v) is 4.77. The second kappa shape index (κ2) is 8.50. The van der Waals surface area contributed by atoms with Crippen LogP contribution in [0.1, 0.15) is 44.6 Å². The van der Waals surface area contributed by atoms with Crippen LogP contribution in [0.15, 0.2) is 36.7 Å². The maximum Gasteiger partial charge on any atom is 0.249 e. The molecule has 0 aliphatic heterocycles. The van der Waals surface area contributed by atoms with Crippen LogP contribution in [0.4, 0.5) is 0 Å². The third kappa shape index (κ3) is 4.83. The van der Waals surface area contributed by atoms with E-state index in [0.29, 0.717) is 18.0 Å². The standard InChI is InChI=1S/C19H24ClN3O2/c1-2-18(25-17-5-3-4-6-17)19(24)21-11-14-12-22-23(13-14)16-9-7-15(20)8-10-16/h7-10,12-13,17-18H,2-6,11H2,1H3,(H,21,24). The van der Waals surface area contributed by atoms with Crippen molar-refractivity contribution in [1.82, 2.24) is 15.1 Å². The lowest BCUT2D eigenvalue weighted by molar-refractivity contribution is -0.136. The van der Waals surface area contributed by atoms with Gasteiger partial charge in [-0.2, -0.15) is 5.10 Å². The maximum absolute atomic E-state index is 12.4. The Morgan fingerprint density at radius 3 is 2.76 bits per heavy atom. The van der Waals surface area contributed by atoms with Crippen molar-refractivity contribution in [2.45, 2.75) is 57.8 Å². The molecule has 2 aromatic rings. The van der Waals surface area contributed by atoms with Gasteiger partial charge in [0.1, 0.15) is 6.10 Å². The highest BCUT2D eigenvalue weighted by atomic mass is 35.5. The quantitative estimate of drug-likeness (QED) is 0.814. The summed E-state index contributed by atoms with van der Waals surface area (Å²) in [6.45, 7) is 2.43. The number of hydrogen-bond donors (Lipinski definition) is 1. The number of ether oxygens (including phenoxy) is 1. The molecule has 0 bridgehead atoms. The van der Waals surface area contributed by atoms with Crippen LogP contribution >= 0.6 is 11.6 Å². The first-order chi connectivity index (χ1) is 12.2. The number of nitrogens with zero attached hydrogens (tertiary/aromatic N) is 2. The van der Waals surface area contributed by atoms with Crippen molar-refractivity contribution >= 4 is 17.5 Å². The summed E-state index contributed by atoms with van der Waals surface area (Å²) in [5.41, 5.74) is 1.87. The molecule has 1 N–H and O–H groups in total. The molecule has 1 amide bonds. The lowest BCUT2D eigenvalue weighted by Crippen LogP contribution is -2.37. The van der Waals surface area contributed by atoms with Gasteiger partial charge >= 0.3 is 0 Å². The van der Waals surface area contributed by atoms with Crippen molar-refractivity contribution in [3.63, 3.8) is 0 Å². The van der Waals surface area contributed by atoms with Gasteiger partial charge in [-0.25, -0.2) is 4.68 Å². The smallest absolute Gasteiger partial charge is 0.249 e. The topological polar surface area (TPSA) is 56.1 Å². The first-order valence-corrected chi connectivity index (χ1v) is 9.26. The Hall–Kier alpha value is -1.85. The fraction of sp³-hybridized carbons (Fsp3) is 0.474. The molecule has 0 saturated heterocycles. The van der Waals surface area contributed by atoms with Gasteiger partial charge in [0, 0.05) is 23.3 Å². The van der Waals surface area contributed by atoms with Crippen molar-refractivity contribution in [3.05, 3.63) is 47.2 Å². The maximum atomic E-state index is 12.4. The van der Waals surface area contributed by atoms with E-state index in [-0.39, 0.29) is 18.1 Å². The molecule has 1 saturated carbocycles. The minimum atomic E-state index is -0.366. The Morgan fingerprint density at radius 2 is 2.08 bits per heavy atom. The number of aromatic nitrogens is 2. The minimum Gasteiger partial charge on any atom is -0.365 e. The Kier molecular flexibility index (Phi) is 6.10. The summed E-state index contributed by atoms with van der Waals surface area (Å²) in [5.74, 6) is -0.0476. The number of halogens is 1. The lowest BCUT2D eigenvalue weighted by atomic mass is 10.2. The molecule has 0 spiro atoms. The Bertz CT molecular complexity index is 693. The molecule has 6 heteroatoms. The fourth-order valence-electron chi connectivity index (χ4n) is 3.09. The summed E-state index contributed by atoms with van der Waals surface area (Å²) in [5, 5.41) is 7.98. The predicted molar refractivity (Wildman–Crippen MR) is 97.8 cm³/mol. The van der Waals surface area contributed by atoms with E-state index in [2.05, 4.69) is 10.4 Å². The van der Waals surface area contributed by atoms with E-state index in [1.165, 1.54) is 12.8 Å². The second-order valence-electron chi connectivity index (χ2n) is 6.43. The molecule has 3 rings (SSSR count). The molecule has 134 valence electrons. The average Bonchev–Trinajstić information content (AvgIpc) is 3.30. The molecule has 1 aliphatic carbocycles. The van der Waals surface area contributed by atoms with Crippen LogP contribution in [-0.2, 0) is 16.1 Å². The zero-order valence-electron chi connectivity index (χ0n) is 14.5. The van der Waals surface area contributed by atoms with Crippen molar-refractivity contribution in [1.29, 1.82) is 0 Å². The molecular formula is C19H24ClN3O2. The van der Waals surface area contributed by atoms with E-state index >= 15 is 0 Å². The molecule has 1 aliphatic rings. The van der Waals surface area contributed by atoms with E-state index in [1.54, 1.807) is 10.9 Å². The van der Waals surface area contributed by atoms with Crippen LogP contribution < -0.4 is 5.32 Å². The highest BCUT2D eigenvalue weighted by Crippen LogP contribution is 2.23. The van der Waals surface area contributed by atoms with Crippen LogP contribution in [0.3, 0.4) is 0 Å². The Morgan fingerprint density at radius 1 is 1.36 bits per heavy atom. The van der Waals surface area contributed by atoms with Crippen LogP contribution in [0.25, 0.3) is 5.69 Å². The molecule has 5 nitrogen and oxygen atoms in total. The van der Waals surface area contributed by atoms with Crippen LogP contribution in [-0.4, -0.2) is 27.9 Å². The zero-order chi connectivity index (χ0) is 17.6. The van der Waals surface area contributed by atoms with Gasteiger partial charge in [-0.3, -0.25) is 4.79 Å². The fourth-order valence-corrected chi connectivity index (χ4v) is 3.22. The van der Waals surface area contributed by atoms with Crippen molar-refractivity contribution < 1.29 is 9.53 Å². The van der Waals surface area contributed by atoms with Crippen molar-refractivity contribution in [3.8, 4) is 5.69 Å². The van der Waals surface area contributed by atoms with Gasteiger partial charge in [0.2, 0.25) is 5.91 Å². The van der Waals surface area contributed by atoms with Gasteiger partial charge in [-0.15, -0.1) is 0 Å². The lowest BCUT2D eigenvalue weighted by Gasteiger charge is -2.20. The van der Waals surface area contributed by atoms with E-state index in [1.807, 2.05) is 37.4 Å². The minimum absolute atomic E-state index is 0.0476. The highest BCUT2D eigenvalue weighted by molar-refractivity contribution is 6.30. The van der Waals surface area contributed by atoms with Crippen molar-refractivity contribution in [2.24, 2.45) is 0 Å². The van der Waals surface area contributed by atoms with Crippen LogP contribution in [0.5, 0.6) is 0 Å². The number of rotatable bonds is 7.